The molecule has 0 bridgehead atoms. The highest BCUT2D eigenvalue weighted by Crippen LogP contribution is 2.25. The SMILES string of the molecule is CC(C)NC(C)(CC(C)SC(C)C)C(N)=O. The monoisotopic (exact) mass is 246 g/mol. The number of primary amides is 1. The maximum atomic E-state index is 11.5. The fourth-order valence-electron chi connectivity index (χ4n) is 1.96. The second-order valence-corrected chi connectivity index (χ2v) is 7.21. The van der Waals surface area contributed by atoms with Gasteiger partial charge in [-0.15, -0.1) is 0 Å². The zero-order valence-electron chi connectivity index (χ0n) is 11.3. The lowest BCUT2D eigenvalue weighted by atomic mass is 9.94. The molecule has 0 aromatic heterocycles. The van der Waals surface area contributed by atoms with E-state index in [0.717, 1.165) is 6.42 Å². The van der Waals surface area contributed by atoms with Crippen LogP contribution in [0.25, 0.3) is 0 Å². The van der Waals surface area contributed by atoms with Crippen LogP contribution in [0, 0.1) is 0 Å². The normalized spacial score (nSPS) is 17.5. The lowest BCUT2D eigenvalue weighted by molar-refractivity contribution is -0.124. The molecule has 2 atom stereocenters. The number of thioether (sulfide) groups is 1. The summed E-state index contributed by atoms with van der Waals surface area (Å²) in [5, 5.41) is 4.27. The van der Waals surface area contributed by atoms with Gasteiger partial charge < -0.3 is 11.1 Å². The molecule has 0 aromatic rings. The fraction of sp³-hybridized carbons (Fsp3) is 0.917. The molecule has 1 amide bonds. The van der Waals surface area contributed by atoms with Crippen LogP contribution in [-0.2, 0) is 4.79 Å². The van der Waals surface area contributed by atoms with Crippen molar-refractivity contribution in [3.05, 3.63) is 0 Å². The van der Waals surface area contributed by atoms with Crippen molar-refractivity contribution >= 4 is 17.7 Å². The first kappa shape index (κ1) is 15.8. The Morgan fingerprint density at radius 1 is 1.31 bits per heavy atom. The quantitative estimate of drug-likeness (QED) is 0.723. The molecule has 0 radical (unpaired) electrons. The molecule has 3 N–H and O–H groups in total. The molecule has 0 saturated heterocycles. The fourth-order valence-corrected chi connectivity index (χ4v) is 3.31. The number of hydrogen-bond donors (Lipinski definition) is 2. The first-order valence-corrected chi connectivity index (χ1v) is 6.84. The Labute approximate surface area is 104 Å². The van der Waals surface area contributed by atoms with Gasteiger partial charge in [0.15, 0.2) is 0 Å². The van der Waals surface area contributed by atoms with Crippen LogP contribution in [0.1, 0.15) is 48.0 Å². The van der Waals surface area contributed by atoms with Crippen molar-refractivity contribution in [2.45, 2.75) is 70.0 Å². The van der Waals surface area contributed by atoms with Crippen molar-refractivity contribution in [2.75, 3.05) is 0 Å². The molecular weight excluding hydrogens is 220 g/mol. The minimum absolute atomic E-state index is 0.258. The Kier molecular flexibility index (Phi) is 6.41. The summed E-state index contributed by atoms with van der Waals surface area (Å²) in [5.41, 5.74) is 4.89. The lowest BCUT2D eigenvalue weighted by Gasteiger charge is -2.32. The Balaban J connectivity index is 4.49. The van der Waals surface area contributed by atoms with Crippen molar-refractivity contribution in [3.63, 3.8) is 0 Å². The Morgan fingerprint density at radius 3 is 2.12 bits per heavy atom. The minimum Gasteiger partial charge on any atom is -0.368 e. The van der Waals surface area contributed by atoms with E-state index >= 15 is 0 Å². The third-order valence-corrected chi connectivity index (χ3v) is 3.53. The average molecular weight is 246 g/mol. The van der Waals surface area contributed by atoms with Gasteiger partial charge in [0.05, 0.1) is 5.54 Å². The van der Waals surface area contributed by atoms with E-state index in [2.05, 4.69) is 26.1 Å². The van der Waals surface area contributed by atoms with E-state index in [-0.39, 0.29) is 11.9 Å². The topological polar surface area (TPSA) is 55.1 Å². The number of carbonyl (C=O) groups is 1. The van der Waals surface area contributed by atoms with E-state index in [0.29, 0.717) is 10.5 Å². The molecule has 0 aliphatic carbocycles. The van der Waals surface area contributed by atoms with Gasteiger partial charge >= 0.3 is 0 Å². The molecule has 0 heterocycles. The van der Waals surface area contributed by atoms with Gasteiger partial charge in [0, 0.05) is 11.3 Å². The first-order chi connectivity index (χ1) is 7.17. The molecule has 0 saturated carbocycles. The number of amides is 1. The van der Waals surface area contributed by atoms with Gasteiger partial charge in [0.2, 0.25) is 5.91 Å². The van der Waals surface area contributed by atoms with Crippen molar-refractivity contribution in [1.29, 1.82) is 0 Å². The van der Waals surface area contributed by atoms with Crippen molar-refractivity contribution in [3.8, 4) is 0 Å². The molecule has 0 spiro atoms. The Bertz CT molecular complexity index is 231. The summed E-state index contributed by atoms with van der Waals surface area (Å²) in [5.74, 6) is -0.266. The van der Waals surface area contributed by atoms with Gasteiger partial charge in [-0.1, -0.05) is 20.8 Å². The number of nitrogens with two attached hydrogens (primary N) is 1. The maximum Gasteiger partial charge on any atom is 0.237 e. The van der Waals surface area contributed by atoms with E-state index in [9.17, 15) is 4.79 Å². The van der Waals surface area contributed by atoms with E-state index in [1.165, 1.54) is 0 Å². The lowest BCUT2D eigenvalue weighted by Crippen LogP contribution is -2.56. The molecular formula is C12H26N2OS. The van der Waals surface area contributed by atoms with Crippen molar-refractivity contribution in [2.24, 2.45) is 5.73 Å². The van der Waals surface area contributed by atoms with Crippen LogP contribution in [0.15, 0.2) is 0 Å². The summed E-state index contributed by atoms with van der Waals surface area (Å²) in [6.45, 7) is 12.4. The number of rotatable bonds is 7. The highest BCUT2D eigenvalue weighted by atomic mass is 32.2. The van der Waals surface area contributed by atoms with Crippen LogP contribution in [-0.4, -0.2) is 28.0 Å². The molecule has 0 aliphatic rings. The Morgan fingerprint density at radius 2 is 1.81 bits per heavy atom. The summed E-state index contributed by atoms with van der Waals surface area (Å²) < 4.78 is 0. The van der Waals surface area contributed by atoms with Crippen molar-refractivity contribution < 1.29 is 4.79 Å². The van der Waals surface area contributed by atoms with E-state index in [1.54, 1.807) is 0 Å². The number of carbonyl (C=O) groups excluding carboxylic acids is 1. The van der Waals surface area contributed by atoms with Gasteiger partial charge in [-0.05, 0) is 32.4 Å². The molecule has 4 heteroatoms. The summed E-state index contributed by atoms with van der Waals surface area (Å²) in [6, 6.07) is 0.258. The first-order valence-electron chi connectivity index (χ1n) is 5.90. The molecule has 0 fully saturated rings. The second kappa shape index (κ2) is 6.50. The second-order valence-electron chi connectivity index (χ2n) is 5.19. The van der Waals surface area contributed by atoms with Crippen LogP contribution in [0.4, 0.5) is 0 Å². The van der Waals surface area contributed by atoms with Gasteiger partial charge in [-0.3, -0.25) is 4.79 Å². The predicted molar refractivity (Wildman–Crippen MR) is 72.7 cm³/mol. The average Bonchev–Trinajstić information content (AvgIpc) is 1.98. The van der Waals surface area contributed by atoms with E-state index in [1.807, 2.05) is 32.5 Å². The minimum atomic E-state index is -0.602. The van der Waals surface area contributed by atoms with Crippen LogP contribution < -0.4 is 11.1 Å². The van der Waals surface area contributed by atoms with Gasteiger partial charge in [0.25, 0.3) is 0 Å². The van der Waals surface area contributed by atoms with Crippen LogP contribution in [0.2, 0.25) is 0 Å². The van der Waals surface area contributed by atoms with Gasteiger partial charge in [0.1, 0.15) is 0 Å². The predicted octanol–water partition coefficient (Wildman–Crippen LogP) is 2.15. The number of hydrogen-bond acceptors (Lipinski definition) is 3. The molecule has 0 rings (SSSR count). The molecule has 0 aliphatic heterocycles. The largest absolute Gasteiger partial charge is 0.368 e. The summed E-state index contributed by atoms with van der Waals surface area (Å²) in [7, 11) is 0. The molecule has 3 nitrogen and oxygen atoms in total. The zero-order chi connectivity index (χ0) is 12.9. The summed E-state index contributed by atoms with van der Waals surface area (Å²) >= 11 is 1.88. The third kappa shape index (κ3) is 5.75. The third-order valence-electron chi connectivity index (χ3n) is 2.35. The summed E-state index contributed by atoms with van der Waals surface area (Å²) in [6.07, 6.45) is 0.767. The van der Waals surface area contributed by atoms with Crippen LogP contribution in [0.5, 0.6) is 0 Å². The maximum absolute atomic E-state index is 11.5. The standard InChI is InChI=1S/C12H26N2OS/c1-8(2)14-12(6,11(13)15)7-10(5)16-9(3)4/h8-10,14H,7H2,1-6H3,(H2,13,15). The highest BCUT2D eigenvalue weighted by molar-refractivity contribution is 8.00. The van der Waals surface area contributed by atoms with Crippen LogP contribution >= 0.6 is 11.8 Å². The van der Waals surface area contributed by atoms with E-state index < -0.39 is 5.54 Å². The molecule has 0 aromatic carbocycles. The van der Waals surface area contributed by atoms with Gasteiger partial charge in [-0.2, -0.15) is 11.8 Å². The van der Waals surface area contributed by atoms with E-state index in [4.69, 9.17) is 5.73 Å². The van der Waals surface area contributed by atoms with Crippen LogP contribution in [0.3, 0.4) is 0 Å². The molecule has 16 heavy (non-hydrogen) atoms. The van der Waals surface area contributed by atoms with Gasteiger partial charge in [-0.25, -0.2) is 0 Å². The number of nitrogens with one attached hydrogen (secondary N) is 1. The molecule has 2 unspecified atom stereocenters. The Hall–Kier alpha value is -0.220. The zero-order valence-corrected chi connectivity index (χ0v) is 12.1. The molecule has 96 valence electrons. The highest BCUT2D eigenvalue weighted by Gasteiger charge is 2.33. The van der Waals surface area contributed by atoms with Crippen molar-refractivity contribution in [1.82, 2.24) is 5.32 Å². The smallest absolute Gasteiger partial charge is 0.237 e. The summed E-state index contributed by atoms with van der Waals surface area (Å²) in [4.78, 5) is 11.5.